The number of aliphatic hydroxyl groups excluding tert-OH is 6. The molecule has 0 bridgehead atoms. The van der Waals surface area contributed by atoms with E-state index >= 15 is 0 Å². The number of benzene rings is 5. The largest absolute Gasteiger partial charge is 0.508 e. The Morgan fingerprint density at radius 1 is 0.433 bits per heavy atom. The lowest BCUT2D eigenvalue weighted by molar-refractivity contribution is -0.312. The third-order valence-electron chi connectivity index (χ3n) is 20.9. The molecular weight excluding hydrogens is 1640 g/mol. The van der Waals surface area contributed by atoms with Gasteiger partial charge in [-0.05, 0) is 242 Å². The average Bonchev–Trinajstić information content (AvgIpc) is 1.69. The van der Waals surface area contributed by atoms with Crippen LogP contribution >= 0.6 is 0 Å². The van der Waals surface area contributed by atoms with E-state index in [-0.39, 0.29) is 98.2 Å². The highest BCUT2D eigenvalue weighted by Gasteiger charge is 2.49. The molecule has 16 atom stereocenters. The first kappa shape index (κ1) is 107. The van der Waals surface area contributed by atoms with Crippen molar-refractivity contribution in [1.29, 1.82) is 0 Å². The lowest BCUT2D eigenvalue weighted by Gasteiger charge is -2.43. The van der Waals surface area contributed by atoms with Crippen molar-refractivity contribution in [1.82, 2.24) is 26.6 Å². The van der Waals surface area contributed by atoms with Crippen molar-refractivity contribution in [2.45, 2.75) is 276 Å². The topological polar surface area (TPSA) is 427 Å². The molecule has 3 saturated heterocycles. The number of nitrogens with one attached hydrogen (secondary N) is 5. The summed E-state index contributed by atoms with van der Waals surface area (Å²) in [5, 5.41) is 87.8. The van der Waals surface area contributed by atoms with Crippen molar-refractivity contribution < 1.29 is 126 Å². The van der Waals surface area contributed by atoms with E-state index in [4.69, 9.17) is 81.5 Å². The number of ether oxygens (including phenoxy) is 16. The van der Waals surface area contributed by atoms with E-state index in [0.717, 1.165) is 54.7 Å². The van der Waals surface area contributed by atoms with Crippen molar-refractivity contribution in [2.24, 2.45) is 5.73 Å². The number of phenols is 1. The Morgan fingerprint density at radius 2 is 0.787 bits per heavy atom. The first-order valence-corrected chi connectivity index (χ1v) is 45.2. The zero-order valence-corrected chi connectivity index (χ0v) is 76.9. The zero-order valence-electron chi connectivity index (χ0n) is 76.9. The molecule has 4 aliphatic rings. The Labute approximate surface area is 750 Å². The van der Waals surface area contributed by atoms with Gasteiger partial charge in [0.1, 0.15) is 103 Å². The fourth-order valence-electron chi connectivity index (χ4n) is 14.9. The molecule has 5 aromatic rings. The van der Waals surface area contributed by atoms with Crippen LogP contribution in [0.15, 0.2) is 115 Å². The number of carbonyl (C=O) groups is 3. The lowest BCUT2D eigenvalue weighted by Crippen LogP contribution is -2.62. The molecule has 0 radical (unpaired) electrons. The van der Waals surface area contributed by atoms with Crippen LogP contribution in [-0.4, -0.2) is 308 Å². The minimum absolute atomic E-state index is 0.0264. The maximum atomic E-state index is 13.6. The third-order valence-corrected chi connectivity index (χ3v) is 20.9. The number of aliphatic hydroxyl groups is 6. The molecule has 714 valence electrons. The number of rotatable bonds is 54. The van der Waals surface area contributed by atoms with Gasteiger partial charge in [0.25, 0.3) is 11.8 Å². The Kier molecular flexibility index (Phi) is 48.7. The first-order chi connectivity index (χ1) is 61.0. The lowest BCUT2D eigenvalue weighted by atomic mass is 9.86. The summed E-state index contributed by atoms with van der Waals surface area (Å²) in [6.45, 7) is 32.8. The van der Waals surface area contributed by atoms with Crippen molar-refractivity contribution in [3.8, 4) is 34.1 Å². The molecule has 32 heteroatoms. The summed E-state index contributed by atoms with van der Waals surface area (Å²) >= 11 is 0. The number of fused-ring (bicyclic) bond motifs is 3. The number of amides is 2. The molecule has 1 aliphatic carbocycles. The minimum Gasteiger partial charge on any atom is -0.508 e. The van der Waals surface area contributed by atoms with Gasteiger partial charge in [0.2, 0.25) is 0 Å². The molecule has 0 spiro atoms. The summed E-state index contributed by atoms with van der Waals surface area (Å²) < 4.78 is 91.8. The Hall–Kier alpha value is -7.17. The van der Waals surface area contributed by atoms with E-state index in [0.29, 0.717) is 116 Å². The highest BCUT2D eigenvalue weighted by atomic mass is 16.7. The van der Waals surface area contributed by atoms with E-state index in [9.17, 15) is 50.1 Å². The summed E-state index contributed by atoms with van der Waals surface area (Å²) in [5.41, 5.74) is 13.0. The maximum absolute atomic E-state index is 13.6. The van der Waals surface area contributed by atoms with E-state index in [1.807, 2.05) is 157 Å². The van der Waals surface area contributed by atoms with Crippen molar-refractivity contribution in [3.05, 3.63) is 143 Å². The second-order valence-electron chi connectivity index (χ2n) is 33.7. The van der Waals surface area contributed by atoms with Gasteiger partial charge in [-0.1, -0.05) is 66.7 Å². The van der Waals surface area contributed by atoms with Crippen molar-refractivity contribution in [2.75, 3.05) is 125 Å². The summed E-state index contributed by atoms with van der Waals surface area (Å²) in [6, 6.07) is 36.1. The monoisotopic (exact) mass is 1790 g/mol. The molecule has 5 aromatic carbocycles. The smallest absolute Gasteiger partial charge is 0.306 e. The van der Waals surface area contributed by atoms with Gasteiger partial charge in [0.15, 0.2) is 32.1 Å². The van der Waals surface area contributed by atoms with Crippen LogP contribution in [-0.2, 0) is 76.0 Å². The number of hydrogen-bond donors (Lipinski definition) is 13. The maximum Gasteiger partial charge on any atom is 0.306 e. The number of hydrogen-bond acceptors (Lipinski definition) is 30. The van der Waals surface area contributed by atoms with E-state index in [2.05, 4.69) is 50.8 Å². The molecule has 14 N–H and O–H groups in total. The SMILES string of the molecule is CC(C)OC1OC(CNCCCOCCCN)C(OC(C)C)C(O)C1O.CC(C)OC1OC(CNCCCOCCCNC(=O)COc2ccc(O)cc2)C(OC(C)C)C(O)C1O.COc1ccc(C(CC(=O)OCC2c3ccccc3-c3ccccc32)c2ccc(OCC(=O)NCCCOCCCNCC3OC(OC(C)C)C(O)C(O)C3OC(C)C)cc2)c(C)c1. The van der Waals surface area contributed by atoms with Crippen LogP contribution in [0.5, 0.6) is 23.0 Å². The van der Waals surface area contributed by atoms with Gasteiger partial charge in [0.05, 0.1) is 50.2 Å². The van der Waals surface area contributed by atoms with Gasteiger partial charge in [-0.25, -0.2) is 0 Å². The van der Waals surface area contributed by atoms with Crippen LogP contribution in [0.1, 0.15) is 168 Å². The van der Waals surface area contributed by atoms with Crippen LogP contribution < -0.4 is 46.5 Å². The second-order valence-corrected chi connectivity index (χ2v) is 33.7. The summed E-state index contributed by atoms with van der Waals surface area (Å²) in [4.78, 5) is 38.1. The van der Waals surface area contributed by atoms with Crippen LogP contribution in [0.25, 0.3) is 11.1 Å². The van der Waals surface area contributed by atoms with Crippen LogP contribution in [0.2, 0.25) is 0 Å². The Morgan fingerprint density at radius 3 is 1.15 bits per heavy atom. The molecular formula is C95H148N6O26. The molecule has 0 saturated carbocycles. The molecule has 3 heterocycles. The van der Waals surface area contributed by atoms with Gasteiger partial charge in [-0.2, -0.15) is 0 Å². The zero-order chi connectivity index (χ0) is 92.3. The van der Waals surface area contributed by atoms with Gasteiger partial charge in [-0.3, -0.25) is 14.4 Å². The quantitative estimate of drug-likeness (QED) is 0.0133. The third kappa shape index (κ3) is 37.2. The van der Waals surface area contributed by atoms with Gasteiger partial charge >= 0.3 is 5.97 Å². The Balaban J connectivity index is 0.000000295. The number of methoxy groups -OCH3 is 1. The molecule has 127 heavy (non-hydrogen) atoms. The minimum atomic E-state index is -1.21. The number of aryl methyl sites for hydroxylation is 1. The fourth-order valence-corrected chi connectivity index (χ4v) is 14.9. The summed E-state index contributed by atoms with van der Waals surface area (Å²) in [7, 11) is 1.63. The molecule has 3 aliphatic heterocycles. The van der Waals surface area contributed by atoms with Crippen LogP contribution in [0.3, 0.4) is 0 Å². The molecule has 0 aromatic heterocycles. The van der Waals surface area contributed by atoms with Crippen molar-refractivity contribution >= 4 is 17.8 Å². The van der Waals surface area contributed by atoms with Crippen molar-refractivity contribution in [3.63, 3.8) is 0 Å². The molecule has 3 fully saturated rings. The van der Waals surface area contributed by atoms with E-state index < -0.39 is 92.1 Å². The van der Waals surface area contributed by atoms with E-state index in [1.54, 1.807) is 19.2 Å². The number of aromatic hydroxyl groups is 1. The Bertz CT molecular complexity index is 3820. The number of nitrogens with two attached hydrogens (primary N) is 1. The average molecular weight is 1790 g/mol. The number of esters is 1. The van der Waals surface area contributed by atoms with Crippen LogP contribution in [0, 0.1) is 6.92 Å². The van der Waals surface area contributed by atoms with Crippen LogP contribution in [0.4, 0.5) is 0 Å². The van der Waals surface area contributed by atoms with E-state index in [1.165, 1.54) is 34.4 Å². The van der Waals surface area contributed by atoms with Gasteiger partial charge in [-0.15, -0.1) is 0 Å². The highest BCUT2D eigenvalue weighted by molar-refractivity contribution is 5.80. The number of carbonyl (C=O) groups excluding carboxylic acids is 3. The number of phenolic OH excluding ortho intramolecular Hbond substituents is 1. The standard InChI is InChI=1S/C51H66N2O11.C26H44N2O9.C18H38N2O6/c1-32(2)62-50-45(64-51(63-33(3)4)49(57)48(50)56)29-52-23-11-25-59-26-12-24-53-46(54)31-60-36-19-17-35(18-20-36)43(38-22-21-37(58-6)27-34(38)5)28-47(55)61-30-44-41-15-9-7-13-39(41)40-14-8-10-16-42(40)44;1-17(2)35-25-21(37-26(36-18(3)4)24(32)23(25)31)15-27-11-5-13-33-14-6-12-28-22(30)16-34-20-9-7-19(29)8-10-20;1-12(2)24-17-14(11-20-8-6-10-23-9-5-7-19)26-18(25-13(3)4)16(22)15(17)21/h7-10,13-22,27,32-33,43-45,48-52,56-57H,11-12,23-26,28-31H2,1-6H3,(H,53,54);7-10,17-18,21,23-27,29,31-32H,5-6,11-16H2,1-4H3,(H,28,30);12-18,20-22H,5-11,19H2,1-4H3. The summed E-state index contributed by atoms with van der Waals surface area (Å²) in [6.07, 6.45) is -9.12. The predicted molar refractivity (Wildman–Crippen MR) is 479 cm³/mol. The van der Waals surface area contributed by atoms with Gasteiger partial charge < -0.3 is 144 Å². The molecule has 2 amide bonds. The second kappa shape index (κ2) is 57.9. The predicted octanol–water partition coefficient (Wildman–Crippen LogP) is 7.36. The normalized spacial score (nSPS) is 23.1. The fraction of sp³-hybridized carbons (Fsp3) is 0.653. The molecule has 16 unspecified atom stereocenters. The first-order valence-electron chi connectivity index (χ1n) is 45.2. The molecule has 9 rings (SSSR count). The van der Waals surface area contributed by atoms with Gasteiger partial charge in [0, 0.05) is 84.2 Å². The highest BCUT2D eigenvalue weighted by Crippen LogP contribution is 2.45. The molecule has 32 nitrogen and oxygen atoms in total. The summed E-state index contributed by atoms with van der Waals surface area (Å²) in [5.74, 6) is 0.880.